The number of rotatable bonds is 1. The number of methoxy groups -OCH3 is 1. The quantitative estimate of drug-likeness (QED) is 0.748. The predicted molar refractivity (Wildman–Crippen MR) is 66.7 cm³/mol. The number of nitrogens with zero attached hydrogens (tertiary/aromatic N) is 1. The van der Waals surface area contributed by atoms with Gasteiger partial charge < -0.3 is 0 Å². The van der Waals surface area contributed by atoms with E-state index in [2.05, 4.69) is 20.8 Å². The maximum atomic E-state index is 12.2. The third-order valence-corrected chi connectivity index (χ3v) is 5.55. The van der Waals surface area contributed by atoms with Gasteiger partial charge in [0.15, 0.2) is 0 Å². The van der Waals surface area contributed by atoms with Gasteiger partial charge in [-0.05, 0) is 0 Å². The van der Waals surface area contributed by atoms with Crippen LogP contribution in [0.2, 0.25) is 0 Å². The SMILES string of the molecule is COc1cccc2c(=O)n(C(C)(C)C)[se]c12. The van der Waals surface area contributed by atoms with Gasteiger partial charge in [-0.25, -0.2) is 0 Å². The Kier molecular flexibility index (Phi) is 2.72. The van der Waals surface area contributed by atoms with E-state index < -0.39 is 0 Å². The summed E-state index contributed by atoms with van der Waals surface area (Å²) in [5.41, 5.74) is 0.00240. The molecule has 0 amide bonds. The normalized spacial score (nSPS) is 12.0. The molecule has 2 rings (SSSR count). The average Bonchev–Trinajstić information content (AvgIpc) is 2.56. The van der Waals surface area contributed by atoms with Gasteiger partial charge in [0.25, 0.3) is 0 Å². The molecular formula is C12H15NO2Se. The fourth-order valence-electron chi connectivity index (χ4n) is 1.62. The fraction of sp³-hybridized carbons (Fsp3) is 0.417. The predicted octanol–water partition coefficient (Wildman–Crippen LogP) is 1.82. The molecule has 0 spiro atoms. The van der Waals surface area contributed by atoms with Gasteiger partial charge in [0.1, 0.15) is 0 Å². The minimum atomic E-state index is -0.124. The van der Waals surface area contributed by atoms with E-state index in [0.29, 0.717) is 0 Å². The summed E-state index contributed by atoms with van der Waals surface area (Å²) in [6.45, 7) is 6.18. The molecule has 0 aliphatic carbocycles. The Hall–Kier alpha value is -0.991. The van der Waals surface area contributed by atoms with Crippen molar-refractivity contribution in [1.82, 2.24) is 3.56 Å². The second-order valence-corrected chi connectivity index (χ2v) is 6.70. The van der Waals surface area contributed by atoms with Gasteiger partial charge in [-0.3, -0.25) is 0 Å². The zero-order valence-corrected chi connectivity index (χ0v) is 11.6. The molecule has 0 radical (unpaired) electrons. The zero-order valence-electron chi connectivity index (χ0n) is 9.90. The molecule has 4 heteroatoms. The second-order valence-electron chi connectivity index (χ2n) is 4.70. The molecule has 0 aliphatic rings. The van der Waals surface area contributed by atoms with Gasteiger partial charge in [-0.1, -0.05) is 0 Å². The summed E-state index contributed by atoms with van der Waals surface area (Å²) in [4.78, 5) is 12.2. The summed E-state index contributed by atoms with van der Waals surface area (Å²) in [5.74, 6) is 0.831. The summed E-state index contributed by atoms with van der Waals surface area (Å²) in [6.07, 6.45) is 0. The van der Waals surface area contributed by atoms with E-state index in [9.17, 15) is 4.79 Å². The molecule has 0 fully saturated rings. The zero-order chi connectivity index (χ0) is 11.9. The van der Waals surface area contributed by atoms with Crippen LogP contribution in [0.25, 0.3) is 9.65 Å². The third-order valence-electron chi connectivity index (χ3n) is 2.41. The number of fused-ring (bicyclic) bond motifs is 1. The van der Waals surface area contributed by atoms with Crippen molar-refractivity contribution in [1.29, 1.82) is 0 Å². The Bertz CT molecular complexity index is 575. The van der Waals surface area contributed by atoms with Gasteiger partial charge in [0, 0.05) is 0 Å². The van der Waals surface area contributed by atoms with Crippen LogP contribution in [0.3, 0.4) is 0 Å². The summed E-state index contributed by atoms with van der Waals surface area (Å²) in [7, 11) is 1.65. The van der Waals surface area contributed by atoms with Gasteiger partial charge in [0.2, 0.25) is 0 Å². The summed E-state index contributed by atoms with van der Waals surface area (Å²) < 4.78 is 8.31. The molecule has 0 unspecified atom stereocenters. The van der Waals surface area contributed by atoms with Crippen LogP contribution in [0.5, 0.6) is 5.75 Å². The monoisotopic (exact) mass is 285 g/mol. The molecule has 86 valence electrons. The first-order valence-corrected chi connectivity index (χ1v) is 6.77. The van der Waals surface area contributed by atoms with E-state index in [-0.39, 0.29) is 25.8 Å². The van der Waals surface area contributed by atoms with Crippen LogP contribution >= 0.6 is 0 Å². The number of ether oxygens (including phenoxy) is 1. The standard InChI is InChI=1S/C12H15NO2Se/c1-12(2,3)13-11(14)8-6-5-7-9(15-4)10(8)16-13/h5-7H,1-4H3. The first kappa shape index (κ1) is 11.5. The summed E-state index contributed by atoms with van der Waals surface area (Å²) in [6, 6.07) is 5.67. The Balaban J connectivity index is 2.83. The maximum absolute atomic E-state index is 12.2. The van der Waals surface area contributed by atoms with Crippen molar-refractivity contribution in [2.45, 2.75) is 26.3 Å². The van der Waals surface area contributed by atoms with Gasteiger partial charge in [-0.2, -0.15) is 0 Å². The van der Waals surface area contributed by atoms with Crippen LogP contribution < -0.4 is 10.3 Å². The fourth-order valence-corrected chi connectivity index (χ4v) is 4.00. The average molecular weight is 284 g/mol. The molecule has 1 aromatic heterocycles. The van der Waals surface area contributed by atoms with Gasteiger partial charge in [-0.15, -0.1) is 0 Å². The molecule has 1 heterocycles. The van der Waals surface area contributed by atoms with Crippen molar-refractivity contribution in [3.05, 3.63) is 28.6 Å². The van der Waals surface area contributed by atoms with E-state index in [1.807, 2.05) is 21.8 Å². The third kappa shape index (κ3) is 1.72. The molecule has 0 atom stereocenters. The molecule has 16 heavy (non-hydrogen) atoms. The van der Waals surface area contributed by atoms with E-state index in [1.165, 1.54) is 0 Å². The molecule has 1 aromatic carbocycles. The van der Waals surface area contributed by atoms with E-state index in [4.69, 9.17) is 4.74 Å². The molecule has 0 saturated carbocycles. The summed E-state index contributed by atoms with van der Waals surface area (Å²) in [5, 5.41) is 0.800. The van der Waals surface area contributed by atoms with E-state index >= 15 is 0 Å². The van der Waals surface area contributed by atoms with Crippen LogP contribution in [0.4, 0.5) is 0 Å². The molecule has 2 aromatic rings. The first-order valence-electron chi connectivity index (χ1n) is 5.14. The van der Waals surface area contributed by atoms with Crippen LogP contribution in [-0.2, 0) is 5.54 Å². The van der Waals surface area contributed by atoms with E-state index in [0.717, 1.165) is 15.4 Å². The number of hydrogen-bond acceptors (Lipinski definition) is 2. The Morgan fingerprint density at radius 2 is 2.00 bits per heavy atom. The van der Waals surface area contributed by atoms with Crippen LogP contribution in [-0.4, -0.2) is 25.4 Å². The van der Waals surface area contributed by atoms with Crippen LogP contribution in [0.15, 0.2) is 23.0 Å². The number of benzene rings is 1. The molecule has 0 saturated heterocycles. The van der Waals surface area contributed by atoms with Crippen molar-refractivity contribution in [2.24, 2.45) is 0 Å². The molecule has 0 bridgehead atoms. The van der Waals surface area contributed by atoms with Crippen molar-refractivity contribution < 1.29 is 4.74 Å². The molecule has 0 aliphatic heterocycles. The molecular weight excluding hydrogens is 269 g/mol. The van der Waals surface area contributed by atoms with Crippen molar-refractivity contribution in [3.63, 3.8) is 0 Å². The Morgan fingerprint density at radius 3 is 2.56 bits per heavy atom. The molecule has 3 nitrogen and oxygen atoms in total. The minimum absolute atomic E-state index is 0.0251. The second kappa shape index (κ2) is 3.79. The number of hydrogen-bond donors (Lipinski definition) is 0. The van der Waals surface area contributed by atoms with Crippen molar-refractivity contribution in [2.75, 3.05) is 7.11 Å². The van der Waals surface area contributed by atoms with Gasteiger partial charge >= 0.3 is 100 Å². The van der Waals surface area contributed by atoms with Crippen LogP contribution in [0, 0.1) is 0 Å². The van der Waals surface area contributed by atoms with E-state index in [1.54, 1.807) is 7.11 Å². The Labute approximate surface area is 101 Å². The first-order chi connectivity index (χ1) is 7.45. The molecule has 0 N–H and O–H groups in total. The summed E-state index contributed by atoms with van der Waals surface area (Å²) >= 11 is 0.0251. The van der Waals surface area contributed by atoms with Crippen molar-refractivity contribution >= 4 is 24.4 Å². The number of aromatic nitrogens is 1. The Morgan fingerprint density at radius 1 is 1.31 bits per heavy atom. The van der Waals surface area contributed by atoms with Gasteiger partial charge in [0.05, 0.1) is 0 Å². The van der Waals surface area contributed by atoms with Crippen molar-refractivity contribution in [3.8, 4) is 5.75 Å². The van der Waals surface area contributed by atoms with Crippen LogP contribution in [0.1, 0.15) is 20.8 Å². The topological polar surface area (TPSA) is 31.2 Å².